The van der Waals surface area contributed by atoms with Crippen LogP contribution in [0.2, 0.25) is 0 Å². The molecular weight excluding hydrogens is 226 g/mol. The highest BCUT2D eigenvalue weighted by atomic mass is 16.5. The van der Waals surface area contributed by atoms with Crippen molar-refractivity contribution in [1.29, 1.82) is 0 Å². The van der Waals surface area contributed by atoms with Crippen molar-refractivity contribution in [2.24, 2.45) is 11.8 Å². The Morgan fingerprint density at radius 2 is 2.06 bits per heavy atom. The SMILES string of the molecule is COCC(C(C)C)n1cncc1CNCC(C)C. The van der Waals surface area contributed by atoms with Gasteiger partial charge in [0.05, 0.1) is 24.7 Å². The summed E-state index contributed by atoms with van der Waals surface area (Å²) in [6.07, 6.45) is 3.86. The van der Waals surface area contributed by atoms with Gasteiger partial charge in [0, 0.05) is 19.9 Å². The molecule has 18 heavy (non-hydrogen) atoms. The highest BCUT2D eigenvalue weighted by Gasteiger charge is 2.17. The van der Waals surface area contributed by atoms with Crippen LogP contribution in [-0.4, -0.2) is 29.8 Å². The Labute approximate surface area is 111 Å². The fourth-order valence-electron chi connectivity index (χ4n) is 2.02. The van der Waals surface area contributed by atoms with E-state index in [-0.39, 0.29) is 0 Å². The molecule has 1 heterocycles. The van der Waals surface area contributed by atoms with E-state index in [0.717, 1.165) is 19.7 Å². The first-order valence-corrected chi connectivity index (χ1v) is 6.76. The first-order chi connectivity index (χ1) is 8.56. The molecule has 104 valence electrons. The maximum absolute atomic E-state index is 5.32. The Bertz CT molecular complexity index is 334. The van der Waals surface area contributed by atoms with E-state index in [1.165, 1.54) is 5.69 Å². The van der Waals surface area contributed by atoms with E-state index in [1.54, 1.807) is 7.11 Å². The maximum atomic E-state index is 5.32. The van der Waals surface area contributed by atoms with Crippen molar-refractivity contribution in [2.45, 2.75) is 40.3 Å². The molecule has 0 saturated heterocycles. The minimum absolute atomic E-state index is 0.355. The zero-order valence-electron chi connectivity index (χ0n) is 12.3. The van der Waals surface area contributed by atoms with E-state index in [2.05, 4.69) is 42.6 Å². The van der Waals surface area contributed by atoms with E-state index < -0.39 is 0 Å². The van der Waals surface area contributed by atoms with Gasteiger partial charge < -0.3 is 14.6 Å². The molecule has 0 aliphatic carbocycles. The number of nitrogens with zero attached hydrogens (tertiary/aromatic N) is 2. The minimum Gasteiger partial charge on any atom is -0.383 e. The first kappa shape index (κ1) is 15.2. The average Bonchev–Trinajstić information content (AvgIpc) is 2.73. The quantitative estimate of drug-likeness (QED) is 0.773. The second kappa shape index (κ2) is 7.54. The number of methoxy groups -OCH3 is 1. The van der Waals surface area contributed by atoms with Gasteiger partial charge in [0.25, 0.3) is 0 Å². The molecule has 1 aromatic rings. The molecular formula is C14H27N3O. The Hall–Kier alpha value is -0.870. The number of aromatic nitrogens is 2. The highest BCUT2D eigenvalue weighted by molar-refractivity contribution is 5.00. The second-order valence-corrected chi connectivity index (χ2v) is 5.58. The summed E-state index contributed by atoms with van der Waals surface area (Å²) in [6.45, 7) is 11.5. The van der Waals surface area contributed by atoms with Gasteiger partial charge in [-0.15, -0.1) is 0 Å². The lowest BCUT2D eigenvalue weighted by Gasteiger charge is -2.24. The average molecular weight is 253 g/mol. The summed E-state index contributed by atoms with van der Waals surface area (Å²) < 4.78 is 7.56. The van der Waals surface area contributed by atoms with Crippen molar-refractivity contribution in [1.82, 2.24) is 14.9 Å². The topological polar surface area (TPSA) is 39.1 Å². The van der Waals surface area contributed by atoms with Crippen molar-refractivity contribution < 1.29 is 4.74 Å². The second-order valence-electron chi connectivity index (χ2n) is 5.58. The van der Waals surface area contributed by atoms with Crippen molar-refractivity contribution in [3.63, 3.8) is 0 Å². The Morgan fingerprint density at radius 3 is 2.61 bits per heavy atom. The van der Waals surface area contributed by atoms with Crippen LogP contribution >= 0.6 is 0 Å². The van der Waals surface area contributed by atoms with Crippen molar-refractivity contribution in [3.05, 3.63) is 18.2 Å². The van der Waals surface area contributed by atoms with Crippen LogP contribution in [0.5, 0.6) is 0 Å². The van der Waals surface area contributed by atoms with Gasteiger partial charge in [-0.1, -0.05) is 27.7 Å². The van der Waals surface area contributed by atoms with E-state index in [4.69, 9.17) is 4.74 Å². The Morgan fingerprint density at radius 1 is 1.33 bits per heavy atom. The predicted octanol–water partition coefficient (Wildman–Crippen LogP) is 2.47. The van der Waals surface area contributed by atoms with Crippen LogP contribution in [0, 0.1) is 11.8 Å². The zero-order valence-corrected chi connectivity index (χ0v) is 12.3. The number of rotatable bonds is 8. The lowest BCUT2D eigenvalue weighted by atomic mass is 10.1. The van der Waals surface area contributed by atoms with Gasteiger partial charge >= 0.3 is 0 Å². The summed E-state index contributed by atoms with van der Waals surface area (Å²) in [5, 5.41) is 3.46. The zero-order chi connectivity index (χ0) is 13.5. The van der Waals surface area contributed by atoms with Crippen LogP contribution in [0.1, 0.15) is 39.4 Å². The molecule has 4 heteroatoms. The molecule has 0 radical (unpaired) electrons. The lowest BCUT2D eigenvalue weighted by Crippen LogP contribution is -2.25. The van der Waals surface area contributed by atoms with Crippen LogP contribution in [0.25, 0.3) is 0 Å². The number of nitrogens with one attached hydrogen (secondary N) is 1. The summed E-state index contributed by atoms with van der Waals surface area (Å²) in [6, 6.07) is 0.355. The monoisotopic (exact) mass is 253 g/mol. The summed E-state index contributed by atoms with van der Waals surface area (Å²) in [4.78, 5) is 4.27. The number of imidazole rings is 1. The third kappa shape index (κ3) is 4.42. The largest absolute Gasteiger partial charge is 0.383 e. The van der Waals surface area contributed by atoms with Crippen LogP contribution in [0.3, 0.4) is 0 Å². The number of ether oxygens (including phenoxy) is 1. The molecule has 1 rings (SSSR count). The molecule has 0 aliphatic rings. The lowest BCUT2D eigenvalue weighted by molar-refractivity contribution is 0.131. The molecule has 1 atom stereocenters. The Balaban J connectivity index is 2.67. The number of hydrogen-bond donors (Lipinski definition) is 1. The van der Waals surface area contributed by atoms with Crippen LogP contribution in [-0.2, 0) is 11.3 Å². The van der Waals surface area contributed by atoms with Gasteiger partial charge in [-0.25, -0.2) is 4.98 Å². The van der Waals surface area contributed by atoms with Crippen molar-refractivity contribution >= 4 is 0 Å². The fourth-order valence-corrected chi connectivity index (χ4v) is 2.02. The van der Waals surface area contributed by atoms with Gasteiger partial charge in [0.1, 0.15) is 0 Å². The number of hydrogen-bond acceptors (Lipinski definition) is 3. The molecule has 0 spiro atoms. The molecule has 1 unspecified atom stereocenters. The summed E-state index contributed by atoms with van der Waals surface area (Å²) >= 11 is 0. The molecule has 0 saturated carbocycles. The minimum atomic E-state index is 0.355. The smallest absolute Gasteiger partial charge is 0.0952 e. The predicted molar refractivity (Wildman–Crippen MR) is 74.5 cm³/mol. The van der Waals surface area contributed by atoms with E-state index in [0.29, 0.717) is 17.9 Å². The Kier molecular flexibility index (Phi) is 6.36. The van der Waals surface area contributed by atoms with Gasteiger partial charge in [0.15, 0.2) is 0 Å². The summed E-state index contributed by atoms with van der Waals surface area (Å²) in [5.74, 6) is 1.20. The van der Waals surface area contributed by atoms with Crippen LogP contribution in [0.4, 0.5) is 0 Å². The van der Waals surface area contributed by atoms with Gasteiger partial charge in [-0.3, -0.25) is 0 Å². The normalized spacial score (nSPS) is 13.5. The van der Waals surface area contributed by atoms with Crippen LogP contribution < -0.4 is 5.32 Å². The van der Waals surface area contributed by atoms with Gasteiger partial charge in [-0.2, -0.15) is 0 Å². The van der Waals surface area contributed by atoms with Crippen molar-refractivity contribution in [2.75, 3.05) is 20.3 Å². The standard InChI is InChI=1S/C14H27N3O/c1-11(2)6-15-7-13-8-16-10-17(13)14(9-18-5)12(3)4/h8,10-12,14-15H,6-7,9H2,1-5H3. The third-order valence-electron chi connectivity index (χ3n) is 3.07. The molecule has 0 aromatic carbocycles. The van der Waals surface area contributed by atoms with Crippen molar-refractivity contribution in [3.8, 4) is 0 Å². The maximum Gasteiger partial charge on any atom is 0.0952 e. The summed E-state index contributed by atoms with van der Waals surface area (Å²) in [7, 11) is 1.75. The highest BCUT2D eigenvalue weighted by Crippen LogP contribution is 2.20. The molecule has 1 aromatic heterocycles. The first-order valence-electron chi connectivity index (χ1n) is 6.76. The third-order valence-corrected chi connectivity index (χ3v) is 3.07. The van der Waals surface area contributed by atoms with E-state index in [9.17, 15) is 0 Å². The molecule has 4 nitrogen and oxygen atoms in total. The van der Waals surface area contributed by atoms with Gasteiger partial charge in [0.2, 0.25) is 0 Å². The molecule has 0 bridgehead atoms. The molecule has 1 N–H and O–H groups in total. The van der Waals surface area contributed by atoms with E-state index in [1.807, 2.05) is 12.5 Å². The van der Waals surface area contributed by atoms with E-state index >= 15 is 0 Å². The molecule has 0 fully saturated rings. The molecule has 0 aliphatic heterocycles. The van der Waals surface area contributed by atoms with Gasteiger partial charge in [-0.05, 0) is 18.4 Å². The molecule has 0 amide bonds. The summed E-state index contributed by atoms with van der Waals surface area (Å²) in [5.41, 5.74) is 1.23. The van der Waals surface area contributed by atoms with Crippen LogP contribution in [0.15, 0.2) is 12.5 Å². The fraction of sp³-hybridized carbons (Fsp3) is 0.786.